The molecule has 1 atom stereocenters. The zero-order valence-electron chi connectivity index (χ0n) is 11.8. The van der Waals surface area contributed by atoms with Gasteiger partial charge in [0, 0.05) is 23.2 Å². The first kappa shape index (κ1) is 15.8. The summed E-state index contributed by atoms with van der Waals surface area (Å²) in [6.45, 7) is 3.33. The Bertz CT molecular complexity index is 550. The number of amides is 2. The summed E-state index contributed by atoms with van der Waals surface area (Å²) >= 11 is 3.31. The van der Waals surface area contributed by atoms with Gasteiger partial charge in [-0.05, 0) is 25.1 Å². The molecule has 1 aromatic rings. The molecule has 2 amide bonds. The summed E-state index contributed by atoms with van der Waals surface area (Å²) in [5.41, 5.74) is 6.68. The molecule has 21 heavy (non-hydrogen) atoms. The molecule has 1 aromatic carbocycles. The zero-order valence-corrected chi connectivity index (χ0v) is 13.4. The molecular formula is C14H18BrN3O3. The minimum absolute atomic E-state index is 0.202. The molecule has 6 nitrogen and oxygen atoms in total. The largest absolute Gasteiger partial charge is 0.398 e. The molecule has 1 aliphatic heterocycles. The van der Waals surface area contributed by atoms with Crippen molar-refractivity contribution in [3.8, 4) is 0 Å². The van der Waals surface area contributed by atoms with Gasteiger partial charge in [0.05, 0.1) is 18.8 Å². The van der Waals surface area contributed by atoms with Crippen LogP contribution in [0.4, 0.5) is 5.69 Å². The minimum atomic E-state index is -0.616. The van der Waals surface area contributed by atoms with Gasteiger partial charge in [0.1, 0.15) is 6.04 Å². The maximum atomic E-state index is 12.6. The van der Waals surface area contributed by atoms with Gasteiger partial charge in [-0.15, -0.1) is 0 Å². The van der Waals surface area contributed by atoms with Gasteiger partial charge in [0.15, 0.2) is 0 Å². The number of nitrogens with two attached hydrogens (primary N) is 1. The van der Waals surface area contributed by atoms with Crippen LogP contribution in [0.3, 0.4) is 0 Å². The summed E-state index contributed by atoms with van der Waals surface area (Å²) in [6, 6.07) is 4.47. The first-order chi connectivity index (χ1) is 10.0. The van der Waals surface area contributed by atoms with Crippen molar-refractivity contribution in [1.29, 1.82) is 0 Å². The average molecular weight is 356 g/mol. The Balaban J connectivity index is 2.24. The van der Waals surface area contributed by atoms with E-state index in [4.69, 9.17) is 10.5 Å². The normalized spacial score (nSPS) is 18.4. The van der Waals surface area contributed by atoms with Gasteiger partial charge in [-0.3, -0.25) is 9.59 Å². The molecule has 1 unspecified atom stereocenters. The first-order valence-corrected chi connectivity index (χ1v) is 7.55. The molecule has 1 saturated heterocycles. The summed E-state index contributed by atoms with van der Waals surface area (Å²) in [7, 11) is 0. The van der Waals surface area contributed by atoms with Crippen LogP contribution in [0.15, 0.2) is 22.7 Å². The highest BCUT2D eigenvalue weighted by atomic mass is 79.9. The highest BCUT2D eigenvalue weighted by Crippen LogP contribution is 2.22. The molecule has 0 saturated carbocycles. The van der Waals surface area contributed by atoms with Crippen molar-refractivity contribution >= 4 is 33.4 Å². The standard InChI is InChI=1S/C14H18BrN3O3/c1-2-17-13(19)12-8-21-6-5-18(12)14(20)10-4-3-9(15)7-11(10)16/h3-4,7,12H,2,5-6,8,16H2,1H3,(H,17,19). The zero-order chi connectivity index (χ0) is 15.4. The van der Waals surface area contributed by atoms with Gasteiger partial charge >= 0.3 is 0 Å². The fraction of sp³-hybridized carbons (Fsp3) is 0.429. The number of hydrogen-bond acceptors (Lipinski definition) is 4. The Morgan fingerprint density at radius 1 is 1.52 bits per heavy atom. The maximum Gasteiger partial charge on any atom is 0.256 e. The molecule has 1 fully saturated rings. The van der Waals surface area contributed by atoms with Crippen molar-refractivity contribution in [3.63, 3.8) is 0 Å². The van der Waals surface area contributed by atoms with E-state index in [1.807, 2.05) is 6.92 Å². The quantitative estimate of drug-likeness (QED) is 0.792. The molecular weight excluding hydrogens is 338 g/mol. The number of ether oxygens (including phenoxy) is 1. The molecule has 0 aromatic heterocycles. The third-order valence-electron chi connectivity index (χ3n) is 3.29. The lowest BCUT2D eigenvalue weighted by Gasteiger charge is -2.34. The van der Waals surface area contributed by atoms with Crippen LogP contribution < -0.4 is 11.1 Å². The second kappa shape index (κ2) is 6.91. The van der Waals surface area contributed by atoms with E-state index in [0.29, 0.717) is 30.9 Å². The highest BCUT2D eigenvalue weighted by Gasteiger charge is 2.33. The Labute approximate surface area is 131 Å². The fourth-order valence-electron chi connectivity index (χ4n) is 2.24. The number of nitrogen functional groups attached to an aromatic ring is 1. The van der Waals surface area contributed by atoms with Gasteiger partial charge in [0.2, 0.25) is 5.91 Å². The number of nitrogens with one attached hydrogen (secondary N) is 1. The van der Waals surface area contributed by atoms with Gasteiger partial charge < -0.3 is 20.7 Å². The van der Waals surface area contributed by atoms with Gasteiger partial charge in [-0.25, -0.2) is 0 Å². The van der Waals surface area contributed by atoms with Gasteiger partial charge in [0.25, 0.3) is 5.91 Å². The predicted octanol–water partition coefficient (Wildman–Crippen LogP) is 1.01. The summed E-state index contributed by atoms with van der Waals surface area (Å²) < 4.78 is 6.13. The lowest BCUT2D eigenvalue weighted by Crippen LogP contribution is -2.55. The monoisotopic (exact) mass is 355 g/mol. The molecule has 114 valence electrons. The molecule has 7 heteroatoms. The number of nitrogens with zero attached hydrogens (tertiary/aromatic N) is 1. The van der Waals surface area contributed by atoms with Crippen molar-refractivity contribution in [2.24, 2.45) is 0 Å². The molecule has 3 N–H and O–H groups in total. The summed E-state index contributed by atoms with van der Waals surface area (Å²) in [5, 5.41) is 2.72. The van der Waals surface area contributed by atoms with Crippen LogP contribution in [0.25, 0.3) is 0 Å². The second-order valence-electron chi connectivity index (χ2n) is 4.72. The Hall–Kier alpha value is -1.60. The van der Waals surface area contributed by atoms with Crippen LogP contribution in [0.1, 0.15) is 17.3 Å². The molecule has 0 aliphatic carbocycles. The van der Waals surface area contributed by atoms with Crippen LogP contribution in [0.5, 0.6) is 0 Å². The Morgan fingerprint density at radius 2 is 2.29 bits per heavy atom. The number of carbonyl (C=O) groups is 2. The molecule has 0 bridgehead atoms. The van der Waals surface area contributed by atoms with E-state index in [2.05, 4.69) is 21.2 Å². The maximum absolute atomic E-state index is 12.6. The number of carbonyl (C=O) groups excluding carboxylic acids is 2. The van der Waals surface area contributed by atoms with Crippen molar-refractivity contribution < 1.29 is 14.3 Å². The van der Waals surface area contributed by atoms with Crippen molar-refractivity contribution in [2.45, 2.75) is 13.0 Å². The topological polar surface area (TPSA) is 84.7 Å². The van der Waals surface area contributed by atoms with E-state index in [9.17, 15) is 9.59 Å². The van der Waals surface area contributed by atoms with E-state index >= 15 is 0 Å². The summed E-state index contributed by atoms with van der Waals surface area (Å²) in [5.74, 6) is -0.458. The van der Waals surface area contributed by atoms with Crippen LogP contribution in [0, 0.1) is 0 Å². The number of rotatable bonds is 3. The number of hydrogen-bond donors (Lipinski definition) is 2. The van der Waals surface area contributed by atoms with Gasteiger partial charge in [-0.1, -0.05) is 15.9 Å². The SMILES string of the molecule is CCNC(=O)C1COCCN1C(=O)c1ccc(Br)cc1N. The van der Waals surface area contributed by atoms with Crippen LogP contribution >= 0.6 is 15.9 Å². The number of halogens is 1. The predicted molar refractivity (Wildman–Crippen MR) is 82.9 cm³/mol. The minimum Gasteiger partial charge on any atom is -0.398 e. The third kappa shape index (κ3) is 3.54. The smallest absolute Gasteiger partial charge is 0.256 e. The van der Waals surface area contributed by atoms with E-state index in [1.165, 1.54) is 4.90 Å². The Morgan fingerprint density at radius 3 is 2.95 bits per heavy atom. The third-order valence-corrected chi connectivity index (χ3v) is 3.78. The van der Waals surface area contributed by atoms with Crippen LogP contribution in [0.2, 0.25) is 0 Å². The molecule has 1 aliphatic rings. The van der Waals surface area contributed by atoms with E-state index < -0.39 is 6.04 Å². The van der Waals surface area contributed by atoms with Crippen molar-refractivity contribution in [3.05, 3.63) is 28.2 Å². The number of anilines is 1. The van der Waals surface area contributed by atoms with Crippen LogP contribution in [-0.4, -0.2) is 49.1 Å². The summed E-state index contributed by atoms with van der Waals surface area (Å²) in [4.78, 5) is 26.2. The van der Waals surface area contributed by atoms with E-state index in [0.717, 1.165) is 4.47 Å². The average Bonchev–Trinajstić information content (AvgIpc) is 2.47. The van der Waals surface area contributed by atoms with Crippen molar-refractivity contribution in [2.75, 3.05) is 32.0 Å². The summed E-state index contributed by atoms with van der Waals surface area (Å²) in [6.07, 6.45) is 0. The van der Waals surface area contributed by atoms with Crippen LogP contribution in [-0.2, 0) is 9.53 Å². The first-order valence-electron chi connectivity index (χ1n) is 6.76. The lowest BCUT2D eigenvalue weighted by atomic mass is 10.1. The number of benzene rings is 1. The number of likely N-dealkylation sites (N-methyl/N-ethyl adjacent to an activating group) is 1. The molecule has 1 heterocycles. The lowest BCUT2D eigenvalue weighted by molar-refractivity contribution is -0.130. The van der Waals surface area contributed by atoms with Gasteiger partial charge in [-0.2, -0.15) is 0 Å². The Kier molecular flexibility index (Phi) is 5.19. The second-order valence-corrected chi connectivity index (χ2v) is 5.63. The highest BCUT2D eigenvalue weighted by molar-refractivity contribution is 9.10. The molecule has 0 radical (unpaired) electrons. The van der Waals surface area contributed by atoms with E-state index in [1.54, 1.807) is 18.2 Å². The van der Waals surface area contributed by atoms with Crippen molar-refractivity contribution in [1.82, 2.24) is 10.2 Å². The number of morpholine rings is 1. The fourth-order valence-corrected chi connectivity index (χ4v) is 2.62. The molecule has 0 spiro atoms. The van der Waals surface area contributed by atoms with E-state index in [-0.39, 0.29) is 18.4 Å². The molecule has 2 rings (SSSR count).